The van der Waals surface area contributed by atoms with Crippen molar-refractivity contribution in [2.45, 2.75) is 44.0 Å². The Bertz CT molecular complexity index is 245. The van der Waals surface area contributed by atoms with Crippen LogP contribution in [0.5, 0.6) is 0 Å². The molecule has 0 aromatic carbocycles. The highest BCUT2D eigenvalue weighted by Crippen LogP contribution is 2.30. The van der Waals surface area contributed by atoms with Gasteiger partial charge in [-0.2, -0.15) is 5.10 Å². The minimum absolute atomic E-state index is 0.243. The molecule has 0 aromatic rings. The van der Waals surface area contributed by atoms with Gasteiger partial charge in [0.05, 0.1) is 0 Å². The zero-order valence-electron chi connectivity index (χ0n) is 9.04. The van der Waals surface area contributed by atoms with Gasteiger partial charge in [-0.05, 0) is 22.4 Å². The van der Waals surface area contributed by atoms with Crippen molar-refractivity contribution in [2.24, 2.45) is 5.10 Å². The summed E-state index contributed by atoms with van der Waals surface area (Å²) in [5.41, 5.74) is 0. The molecule has 7 heteroatoms. The molecule has 0 amide bonds. The van der Waals surface area contributed by atoms with Gasteiger partial charge in [0.2, 0.25) is 0 Å². The van der Waals surface area contributed by atoms with Crippen molar-refractivity contribution >= 4 is 22.3 Å². The summed E-state index contributed by atoms with van der Waals surface area (Å²) < 4.78 is 37.2. The minimum atomic E-state index is -4.38. The van der Waals surface area contributed by atoms with Crippen LogP contribution in [0.15, 0.2) is 5.10 Å². The zero-order chi connectivity index (χ0) is 12.2. The van der Waals surface area contributed by atoms with E-state index in [1.807, 2.05) is 0 Å². The fourth-order valence-corrected chi connectivity index (χ4v) is 2.08. The van der Waals surface area contributed by atoms with E-state index >= 15 is 0 Å². The van der Waals surface area contributed by atoms with Crippen molar-refractivity contribution in [3.63, 3.8) is 0 Å². The normalized spacial score (nSPS) is 20.9. The number of hydrogen-bond donors (Lipinski definition) is 0. The third-order valence-electron chi connectivity index (χ3n) is 2.33. The number of unbranched alkanes of at least 4 members (excludes halogenated alkanes) is 3. The number of halogens is 4. The zero-order valence-corrected chi connectivity index (χ0v) is 10.6. The molecular weight excluding hydrogens is 287 g/mol. The number of rotatable bonds is 5. The molecule has 0 saturated heterocycles. The first-order valence-electron chi connectivity index (χ1n) is 5.26. The van der Waals surface area contributed by atoms with E-state index in [0.717, 1.165) is 32.0 Å². The Balaban J connectivity index is 2.34. The molecule has 0 aromatic heterocycles. The third-order valence-corrected chi connectivity index (χ3v) is 3.25. The summed E-state index contributed by atoms with van der Waals surface area (Å²) in [6.45, 7) is 2.63. The fraction of sp³-hybridized carbons (Fsp3) is 0.889. The van der Waals surface area contributed by atoms with E-state index in [9.17, 15) is 13.2 Å². The molecule has 1 heterocycles. The summed E-state index contributed by atoms with van der Waals surface area (Å²) in [4.78, 5) is 0.243. The first kappa shape index (κ1) is 13.6. The molecule has 1 aliphatic heterocycles. The van der Waals surface area contributed by atoms with Crippen LogP contribution in [0.1, 0.15) is 32.6 Å². The van der Waals surface area contributed by atoms with Gasteiger partial charge in [-0.15, -0.1) is 13.2 Å². The molecule has 1 unspecified atom stereocenters. The fourth-order valence-electron chi connectivity index (χ4n) is 1.43. The molecule has 0 fully saturated rings. The van der Waals surface area contributed by atoms with E-state index in [1.165, 1.54) is 5.01 Å². The molecule has 1 atom stereocenters. The van der Waals surface area contributed by atoms with Gasteiger partial charge in [0.15, 0.2) is 5.08 Å². The van der Waals surface area contributed by atoms with Gasteiger partial charge in [-0.25, -0.2) is 4.90 Å². The monoisotopic (exact) mass is 301 g/mol. The first-order valence-corrected chi connectivity index (χ1v) is 6.18. The van der Waals surface area contributed by atoms with E-state index in [-0.39, 0.29) is 4.90 Å². The van der Waals surface area contributed by atoms with Crippen LogP contribution in [-0.4, -0.2) is 34.2 Å². The molecule has 3 nitrogen and oxygen atoms in total. The van der Waals surface area contributed by atoms with Crippen LogP contribution in [0, 0.1) is 0 Å². The largest absolute Gasteiger partial charge is 0.488 e. The molecule has 0 radical (unpaired) electrons. The molecule has 0 spiro atoms. The van der Waals surface area contributed by atoms with E-state index in [4.69, 9.17) is 0 Å². The molecule has 16 heavy (non-hydrogen) atoms. The Kier molecular flexibility index (Phi) is 4.89. The van der Waals surface area contributed by atoms with Crippen LogP contribution in [0.25, 0.3) is 0 Å². The second-order valence-corrected chi connectivity index (χ2v) is 4.46. The quantitative estimate of drug-likeness (QED) is 0.441. The molecule has 0 aliphatic carbocycles. The molecule has 0 saturated carbocycles. The summed E-state index contributed by atoms with van der Waals surface area (Å²) >= 11 is 2.98. The maximum Gasteiger partial charge on any atom is 0.488 e. The van der Waals surface area contributed by atoms with Crippen LogP contribution >= 0.6 is 15.9 Å². The Morgan fingerprint density at radius 3 is 2.50 bits per heavy atom. The summed E-state index contributed by atoms with van der Waals surface area (Å²) in [6, 6.07) is 0. The Morgan fingerprint density at radius 2 is 2.00 bits per heavy atom. The molecule has 94 valence electrons. The van der Waals surface area contributed by atoms with E-state index < -0.39 is 11.4 Å². The van der Waals surface area contributed by atoms with Gasteiger partial charge in [0, 0.05) is 6.54 Å². The first-order chi connectivity index (χ1) is 7.46. The number of nitrogens with zero attached hydrogens (tertiary/aromatic N) is 3. The van der Waals surface area contributed by atoms with Crippen LogP contribution in [-0.2, 0) is 0 Å². The lowest BCUT2D eigenvalue weighted by Gasteiger charge is -2.26. The second kappa shape index (κ2) is 5.75. The van der Waals surface area contributed by atoms with Crippen LogP contribution in [0.2, 0.25) is 0 Å². The van der Waals surface area contributed by atoms with Gasteiger partial charge in [-0.1, -0.05) is 26.2 Å². The van der Waals surface area contributed by atoms with Gasteiger partial charge in [-0.3, -0.25) is 5.01 Å². The van der Waals surface area contributed by atoms with Crippen molar-refractivity contribution in [3.05, 3.63) is 0 Å². The maximum absolute atomic E-state index is 12.4. The average molecular weight is 302 g/mol. The SMILES string of the molecule is CCCCCCN1N=CN(C(F)(F)F)C1Br. The minimum Gasteiger partial charge on any atom is -0.263 e. The molecular formula is C9H15BrF3N3. The number of alkyl halides is 4. The van der Waals surface area contributed by atoms with Crippen LogP contribution in [0.4, 0.5) is 13.2 Å². The predicted octanol–water partition coefficient (Wildman–Crippen LogP) is 3.33. The van der Waals surface area contributed by atoms with Crippen molar-refractivity contribution in [1.29, 1.82) is 0 Å². The van der Waals surface area contributed by atoms with Crippen molar-refractivity contribution in [3.8, 4) is 0 Å². The Labute approximate surface area is 101 Å². The lowest BCUT2D eigenvalue weighted by atomic mass is 10.2. The highest BCUT2D eigenvalue weighted by Gasteiger charge is 2.44. The number of hydrogen-bond acceptors (Lipinski definition) is 3. The average Bonchev–Trinajstić information content (AvgIpc) is 2.54. The molecule has 0 N–H and O–H groups in total. The predicted molar refractivity (Wildman–Crippen MR) is 59.9 cm³/mol. The van der Waals surface area contributed by atoms with Gasteiger partial charge in [0.25, 0.3) is 0 Å². The highest BCUT2D eigenvalue weighted by molar-refractivity contribution is 9.09. The van der Waals surface area contributed by atoms with Gasteiger partial charge < -0.3 is 0 Å². The van der Waals surface area contributed by atoms with E-state index in [2.05, 4.69) is 28.0 Å². The van der Waals surface area contributed by atoms with E-state index in [0.29, 0.717) is 6.54 Å². The second-order valence-electron chi connectivity index (χ2n) is 3.64. The van der Waals surface area contributed by atoms with Crippen molar-refractivity contribution in [2.75, 3.05) is 6.54 Å². The standard InChI is InChI=1S/C9H15BrF3N3/c1-2-3-4-5-6-16-8(10)15(7-14-16)9(11,12)13/h7-8H,2-6H2,1H3. The Hall–Kier alpha value is -0.460. The lowest BCUT2D eigenvalue weighted by molar-refractivity contribution is -0.223. The van der Waals surface area contributed by atoms with Crippen molar-refractivity contribution < 1.29 is 13.2 Å². The summed E-state index contributed by atoms with van der Waals surface area (Å²) in [7, 11) is 0. The number of hydrazone groups is 1. The third kappa shape index (κ3) is 3.54. The smallest absolute Gasteiger partial charge is 0.263 e. The van der Waals surface area contributed by atoms with Crippen molar-refractivity contribution in [1.82, 2.24) is 9.91 Å². The van der Waals surface area contributed by atoms with Gasteiger partial charge in [0.1, 0.15) is 6.34 Å². The summed E-state index contributed by atoms with van der Waals surface area (Å²) in [6.07, 6.45) is 0.533. The molecule has 1 rings (SSSR count). The van der Waals surface area contributed by atoms with Crippen LogP contribution < -0.4 is 0 Å². The highest BCUT2D eigenvalue weighted by atomic mass is 79.9. The van der Waals surface area contributed by atoms with Gasteiger partial charge >= 0.3 is 6.30 Å². The maximum atomic E-state index is 12.4. The summed E-state index contributed by atoms with van der Waals surface area (Å²) in [5.74, 6) is 0. The molecule has 0 bridgehead atoms. The molecule has 1 aliphatic rings. The lowest BCUT2D eigenvalue weighted by Crippen LogP contribution is -2.43. The Morgan fingerprint density at radius 1 is 1.31 bits per heavy atom. The van der Waals surface area contributed by atoms with E-state index in [1.54, 1.807) is 0 Å². The topological polar surface area (TPSA) is 18.8 Å². The summed E-state index contributed by atoms with van der Waals surface area (Å²) in [5, 5.41) is 4.23. The van der Waals surface area contributed by atoms with Crippen LogP contribution in [0.3, 0.4) is 0 Å².